The zero-order chi connectivity index (χ0) is 12.2. The number of hydrogen-bond acceptors (Lipinski definition) is 5. The molecule has 0 aliphatic carbocycles. The molecule has 1 aromatic rings. The summed E-state index contributed by atoms with van der Waals surface area (Å²) in [5.74, 6) is 0.112. The predicted octanol–water partition coefficient (Wildman–Crippen LogP) is 0.688. The van der Waals surface area contributed by atoms with Crippen LogP contribution in [0.25, 0.3) is 0 Å². The fourth-order valence-electron chi connectivity index (χ4n) is 1.09. The summed E-state index contributed by atoms with van der Waals surface area (Å²) in [6.45, 7) is 5.41. The number of aromatic nitrogens is 2. The van der Waals surface area contributed by atoms with Gasteiger partial charge < -0.3 is 10.5 Å². The summed E-state index contributed by atoms with van der Waals surface area (Å²) in [6, 6.07) is 0.990. The van der Waals surface area contributed by atoms with E-state index in [9.17, 15) is 4.79 Å². The molecule has 0 fully saturated rings. The Hall–Kier alpha value is -1.49. The van der Waals surface area contributed by atoms with Crippen LogP contribution in [0.1, 0.15) is 26.6 Å². The van der Waals surface area contributed by atoms with E-state index in [-0.39, 0.29) is 6.42 Å². The molecule has 0 unspecified atom stereocenters. The van der Waals surface area contributed by atoms with E-state index in [1.54, 1.807) is 39.2 Å². The monoisotopic (exact) mass is 223 g/mol. The van der Waals surface area contributed by atoms with Crippen LogP contribution in [0.15, 0.2) is 18.5 Å². The van der Waals surface area contributed by atoms with Gasteiger partial charge in [-0.05, 0) is 26.8 Å². The van der Waals surface area contributed by atoms with Gasteiger partial charge in [-0.15, -0.1) is 0 Å². The highest BCUT2D eigenvalue weighted by Crippen LogP contribution is 2.08. The van der Waals surface area contributed by atoms with Crippen LogP contribution in [0.2, 0.25) is 0 Å². The van der Waals surface area contributed by atoms with Gasteiger partial charge in [0.2, 0.25) is 0 Å². The van der Waals surface area contributed by atoms with Crippen molar-refractivity contribution in [1.29, 1.82) is 0 Å². The van der Waals surface area contributed by atoms with Gasteiger partial charge >= 0.3 is 5.97 Å². The van der Waals surface area contributed by atoms with E-state index in [4.69, 9.17) is 10.5 Å². The minimum absolute atomic E-state index is 0.287. The Morgan fingerprint density at radius 3 is 2.50 bits per heavy atom. The number of nitrogens with zero attached hydrogens (tertiary/aromatic N) is 2. The summed E-state index contributed by atoms with van der Waals surface area (Å²) < 4.78 is 5.15. The predicted molar refractivity (Wildman–Crippen MR) is 59.6 cm³/mol. The van der Waals surface area contributed by atoms with E-state index >= 15 is 0 Å². The Morgan fingerprint density at radius 2 is 2.00 bits per heavy atom. The first-order valence-electron chi connectivity index (χ1n) is 5.13. The maximum atomic E-state index is 11.6. The average molecular weight is 223 g/mol. The van der Waals surface area contributed by atoms with Gasteiger partial charge in [0, 0.05) is 18.8 Å². The first-order valence-corrected chi connectivity index (χ1v) is 5.13. The summed E-state index contributed by atoms with van der Waals surface area (Å²) in [6.07, 6.45) is 3.52. The molecule has 1 aromatic heterocycles. The lowest BCUT2D eigenvalue weighted by Gasteiger charge is -2.21. The maximum Gasteiger partial charge on any atom is 0.323 e. The Kier molecular flexibility index (Phi) is 3.95. The second-order valence-electron chi connectivity index (χ2n) is 4.51. The summed E-state index contributed by atoms with van der Waals surface area (Å²) >= 11 is 0. The third kappa shape index (κ3) is 4.35. The first-order chi connectivity index (χ1) is 7.38. The number of carbonyl (C=O) groups excluding carboxylic acids is 1. The zero-order valence-electron chi connectivity index (χ0n) is 9.80. The number of hydrogen-bond donors (Lipinski definition) is 1. The molecular weight excluding hydrogens is 206 g/mol. The van der Waals surface area contributed by atoms with Gasteiger partial charge in [-0.25, -0.2) is 9.97 Å². The normalized spacial score (nSPS) is 13.2. The fraction of sp³-hybridized carbons (Fsp3) is 0.545. The van der Waals surface area contributed by atoms with Crippen LogP contribution in [-0.2, 0) is 16.0 Å². The van der Waals surface area contributed by atoms with E-state index in [1.807, 2.05) is 0 Å². The molecule has 0 aromatic carbocycles. The van der Waals surface area contributed by atoms with Gasteiger partial charge in [0.1, 0.15) is 17.5 Å². The smallest absolute Gasteiger partial charge is 0.323 e. The Morgan fingerprint density at radius 1 is 1.44 bits per heavy atom. The molecule has 0 spiro atoms. The van der Waals surface area contributed by atoms with E-state index in [0.29, 0.717) is 5.82 Å². The van der Waals surface area contributed by atoms with E-state index in [2.05, 4.69) is 9.97 Å². The second kappa shape index (κ2) is 5.03. The standard InChI is InChI=1S/C11H17N3O2/c1-11(2,3)16-10(15)8(12)7-9-13-5-4-6-14-9/h4-6,8H,7,12H2,1-3H3/t8-/m0/s1. The summed E-state index contributed by atoms with van der Waals surface area (Å²) in [5.41, 5.74) is 5.18. The van der Waals surface area contributed by atoms with Crippen LogP contribution in [-0.4, -0.2) is 27.6 Å². The maximum absolute atomic E-state index is 11.6. The lowest BCUT2D eigenvalue weighted by molar-refractivity contribution is -0.156. The van der Waals surface area contributed by atoms with Gasteiger partial charge in [0.25, 0.3) is 0 Å². The minimum atomic E-state index is -0.721. The van der Waals surface area contributed by atoms with Crippen LogP contribution in [0.5, 0.6) is 0 Å². The average Bonchev–Trinajstić information content (AvgIpc) is 2.16. The van der Waals surface area contributed by atoms with Crippen LogP contribution in [0.4, 0.5) is 0 Å². The molecule has 88 valence electrons. The lowest BCUT2D eigenvalue weighted by Crippen LogP contribution is -2.39. The number of ether oxygens (including phenoxy) is 1. The van der Waals surface area contributed by atoms with Crippen molar-refractivity contribution >= 4 is 5.97 Å². The lowest BCUT2D eigenvalue weighted by atomic mass is 10.1. The van der Waals surface area contributed by atoms with Crippen molar-refractivity contribution in [1.82, 2.24) is 9.97 Å². The Bertz CT molecular complexity index is 346. The highest BCUT2D eigenvalue weighted by molar-refractivity contribution is 5.76. The SMILES string of the molecule is CC(C)(C)OC(=O)[C@@H](N)Cc1ncccn1. The summed E-state index contributed by atoms with van der Waals surface area (Å²) in [7, 11) is 0. The van der Waals surface area contributed by atoms with Crippen molar-refractivity contribution < 1.29 is 9.53 Å². The van der Waals surface area contributed by atoms with Crippen LogP contribution in [0.3, 0.4) is 0 Å². The summed E-state index contributed by atoms with van der Waals surface area (Å²) in [5, 5.41) is 0. The van der Waals surface area contributed by atoms with Crippen molar-refractivity contribution in [2.75, 3.05) is 0 Å². The highest BCUT2D eigenvalue weighted by atomic mass is 16.6. The van der Waals surface area contributed by atoms with Gasteiger partial charge in [-0.2, -0.15) is 0 Å². The fourth-order valence-corrected chi connectivity index (χ4v) is 1.09. The molecule has 0 saturated carbocycles. The summed E-state index contributed by atoms with van der Waals surface area (Å²) in [4.78, 5) is 19.6. The zero-order valence-corrected chi connectivity index (χ0v) is 9.80. The third-order valence-corrected chi connectivity index (χ3v) is 1.73. The van der Waals surface area contributed by atoms with Crippen LogP contribution >= 0.6 is 0 Å². The third-order valence-electron chi connectivity index (χ3n) is 1.73. The van der Waals surface area contributed by atoms with Crippen molar-refractivity contribution in [3.8, 4) is 0 Å². The number of carbonyl (C=O) groups is 1. The van der Waals surface area contributed by atoms with E-state index in [0.717, 1.165) is 0 Å². The number of rotatable bonds is 3. The molecule has 0 radical (unpaired) electrons. The molecular formula is C11H17N3O2. The first kappa shape index (κ1) is 12.6. The number of esters is 1. The van der Waals surface area contributed by atoms with Gasteiger partial charge in [0.15, 0.2) is 0 Å². The van der Waals surface area contributed by atoms with Gasteiger partial charge in [0.05, 0.1) is 0 Å². The number of nitrogens with two attached hydrogens (primary N) is 1. The largest absolute Gasteiger partial charge is 0.459 e. The molecule has 0 bridgehead atoms. The quantitative estimate of drug-likeness (QED) is 0.763. The Labute approximate surface area is 95.0 Å². The molecule has 5 heteroatoms. The molecule has 1 rings (SSSR count). The van der Waals surface area contributed by atoms with E-state index in [1.165, 1.54) is 0 Å². The molecule has 0 aliphatic heterocycles. The van der Waals surface area contributed by atoms with Crippen LogP contribution < -0.4 is 5.73 Å². The Balaban J connectivity index is 2.53. The molecule has 16 heavy (non-hydrogen) atoms. The minimum Gasteiger partial charge on any atom is -0.459 e. The topological polar surface area (TPSA) is 78.1 Å². The van der Waals surface area contributed by atoms with Gasteiger partial charge in [-0.3, -0.25) is 4.79 Å². The van der Waals surface area contributed by atoms with Crippen molar-refractivity contribution in [3.63, 3.8) is 0 Å². The molecule has 5 nitrogen and oxygen atoms in total. The molecule has 1 heterocycles. The molecule has 0 amide bonds. The van der Waals surface area contributed by atoms with Crippen LogP contribution in [0, 0.1) is 0 Å². The second-order valence-corrected chi connectivity index (χ2v) is 4.51. The van der Waals surface area contributed by atoms with Crippen molar-refractivity contribution in [3.05, 3.63) is 24.3 Å². The van der Waals surface area contributed by atoms with Gasteiger partial charge in [-0.1, -0.05) is 0 Å². The molecule has 2 N–H and O–H groups in total. The molecule has 0 aliphatic rings. The highest BCUT2D eigenvalue weighted by Gasteiger charge is 2.22. The molecule has 1 atom stereocenters. The van der Waals surface area contributed by atoms with E-state index < -0.39 is 17.6 Å². The van der Waals surface area contributed by atoms with Crippen molar-refractivity contribution in [2.45, 2.75) is 38.8 Å². The molecule has 0 saturated heterocycles. The van der Waals surface area contributed by atoms with Crippen molar-refractivity contribution in [2.24, 2.45) is 5.73 Å².